The molecule has 112 valence electrons. The van der Waals surface area contributed by atoms with Gasteiger partial charge in [-0.25, -0.2) is 0 Å². The summed E-state index contributed by atoms with van der Waals surface area (Å²) in [5.74, 6) is 0.811. The van der Waals surface area contributed by atoms with Crippen LogP contribution in [-0.2, 0) is 6.61 Å². The number of ether oxygens (including phenoxy) is 1. The number of nitrogens with zero attached hydrogens (tertiary/aromatic N) is 1. The summed E-state index contributed by atoms with van der Waals surface area (Å²) >= 11 is 3.42. The van der Waals surface area contributed by atoms with Gasteiger partial charge in [0.2, 0.25) is 0 Å². The zero-order chi connectivity index (χ0) is 16.1. The summed E-state index contributed by atoms with van der Waals surface area (Å²) in [5, 5.41) is 9.32. The van der Waals surface area contributed by atoms with Crippen LogP contribution < -0.4 is 4.74 Å². The van der Waals surface area contributed by atoms with Crippen LogP contribution in [0.15, 0.2) is 77.3 Å². The molecule has 23 heavy (non-hydrogen) atoms. The summed E-state index contributed by atoms with van der Waals surface area (Å²) in [6.07, 6.45) is 0. The van der Waals surface area contributed by atoms with Crippen molar-refractivity contribution in [2.75, 3.05) is 0 Å². The summed E-state index contributed by atoms with van der Waals surface area (Å²) in [5.41, 5.74) is 3.69. The van der Waals surface area contributed by atoms with Gasteiger partial charge in [-0.2, -0.15) is 5.26 Å². The second-order valence-corrected chi connectivity index (χ2v) is 5.93. The molecule has 0 heterocycles. The first-order chi connectivity index (χ1) is 11.3. The molecule has 0 saturated heterocycles. The van der Waals surface area contributed by atoms with Crippen LogP contribution in [0.25, 0.3) is 11.1 Å². The zero-order valence-corrected chi connectivity index (χ0v) is 14.0. The van der Waals surface area contributed by atoms with Crippen LogP contribution in [0.3, 0.4) is 0 Å². The minimum Gasteiger partial charge on any atom is -0.489 e. The molecule has 0 saturated carbocycles. The van der Waals surface area contributed by atoms with Crippen LogP contribution in [0.2, 0.25) is 0 Å². The van der Waals surface area contributed by atoms with Gasteiger partial charge in [-0.1, -0.05) is 54.6 Å². The lowest BCUT2D eigenvalue weighted by Crippen LogP contribution is -1.94. The predicted octanol–water partition coefficient (Wildman–Crippen LogP) is 5.57. The molecule has 0 spiro atoms. The number of hydrogen-bond acceptors (Lipinski definition) is 2. The van der Waals surface area contributed by atoms with Gasteiger partial charge in [-0.15, -0.1) is 0 Å². The first-order valence-corrected chi connectivity index (χ1v) is 8.03. The van der Waals surface area contributed by atoms with Crippen molar-refractivity contribution in [3.63, 3.8) is 0 Å². The highest BCUT2D eigenvalue weighted by atomic mass is 79.9. The second kappa shape index (κ2) is 7.13. The Hall–Kier alpha value is -2.57. The van der Waals surface area contributed by atoms with Crippen LogP contribution in [0.4, 0.5) is 0 Å². The van der Waals surface area contributed by atoms with Crippen molar-refractivity contribution in [2.45, 2.75) is 6.61 Å². The van der Waals surface area contributed by atoms with E-state index in [0.29, 0.717) is 12.2 Å². The van der Waals surface area contributed by atoms with Gasteiger partial charge in [0, 0.05) is 10.0 Å². The highest BCUT2D eigenvalue weighted by Crippen LogP contribution is 2.30. The molecule has 0 atom stereocenters. The van der Waals surface area contributed by atoms with E-state index in [1.165, 1.54) is 0 Å². The largest absolute Gasteiger partial charge is 0.489 e. The number of halogens is 1. The van der Waals surface area contributed by atoms with Crippen LogP contribution in [0, 0.1) is 11.3 Å². The number of benzene rings is 3. The number of hydrogen-bond donors (Lipinski definition) is 0. The fourth-order valence-electron chi connectivity index (χ4n) is 2.35. The molecule has 0 bridgehead atoms. The summed E-state index contributed by atoms with van der Waals surface area (Å²) in [6.45, 7) is 0.542. The fraction of sp³-hybridized carbons (Fsp3) is 0.0500. The highest BCUT2D eigenvalue weighted by Gasteiger charge is 2.08. The average Bonchev–Trinajstić information content (AvgIpc) is 2.61. The summed E-state index contributed by atoms with van der Waals surface area (Å²) in [4.78, 5) is 0. The maximum absolute atomic E-state index is 9.32. The van der Waals surface area contributed by atoms with Crippen molar-refractivity contribution >= 4 is 15.9 Å². The quantitative estimate of drug-likeness (QED) is 0.607. The first-order valence-electron chi connectivity index (χ1n) is 7.24. The molecular formula is C20H14BrNO. The predicted molar refractivity (Wildman–Crippen MR) is 95.1 cm³/mol. The fourth-order valence-corrected chi connectivity index (χ4v) is 2.80. The maximum atomic E-state index is 9.32. The molecule has 0 aliphatic heterocycles. The van der Waals surface area contributed by atoms with E-state index in [1.807, 2.05) is 72.8 Å². The lowest BCUT2D eigenvalue weighted by Gasteiger charge is -2.09. The third-order valence-electron chi connectivity index (χ3n) is 3.54. The molecule has 2 nitrogen and oxygen atoms in total. The first kappa shape index (κ1) is 15.3. The van der Waals surface area contributed by atoms with Crippen LogP contribution in [0.5, 0.6) is 5.75 Å². The normalized spacial score (nSPS) is 10.1. The Labute approximate surface area is 144 Å². The van der Waals surface area contributed by atoms with Gasteiger partial charge in [0.1, 0.15) is 18.4 Å². The molecule has 0 aromatic heterocycles. The van der Waals surface area contributed by atoms with Gasteiger partial charge in [-0.3, -0.25) is 0 Å². The molecule has 0 N–H and O–H groups in total. The Kier molecular flexibility index (Phi) is 4.75. The van der Waals surface area contributed by atoms with Crippen molar-refractivity contribution in [2.24, 2.45) is 0 Å². The minimum atomic E-state index is 0.542. The Bertz CT molecular complexity index is 836. The van der Waals surface area contributed by atoms with Gasteiger partial charge in [0.05, 0.1) is 5.56 Å². The van der Waals surface area contributed by atoms with E-state index in [0.717, 1.165) is 26.9 Å². The number of nitriles is 1. The highest BCUT2D eigenvalue weighted by molar-refractivity contribution is 9.10. The maximum Gasteiger partial charge on any atom is 0.119 e. The van der Waals surface area contributed by atoms with E-state index >= 15 is 0 Å². The van der Waals surface area contributed by atoms with Crippen molar-refractivity contribution in [1.29, 1.82) is 5.26 Å². The second-order valence-electron chi connectivity index (χ2n) is 5.07. The monoisotopic (exact) mass is 363 g/mol. The van der Waals surface area contributed by atoms with E-state index in [9.17, 15) is 5.26 Å². The van der Waals surface area contributed by atoms with Gasteiger partial charge >= 0.3 is 0 Å². The summed E-state index contributed by atoms with van der Waals surface area (Å²) in [6, 6.07) is 25.9. The van der Waals surface area contributed by atoms with Gasteiger partial charge in [0.15, 0.2) is 0 Å². The molecule has 3 aromatic rings. The zero-order valence-electron chi connectivity index (χ0n) is 12.4. The molecule has 3 heteroatoms. The lowest BCUT2D eigenvalue weighted by atomic mass is 10.0. The smallest absolute Gasteiger partial charge is 0.119 e. The van der Waals surface area contributed by atoms with Crippen LogP contribution >= 0.6 is 15.9 Å². The third kappa shape index (κ3) is 3.61. The third-order valence-corrected chi connectivity index (χ3v) is 4.20. The van der Waals surface area contributed by atoms with Crippen molar-refractivity contribution in [3.8, 4) is 22.9 Å². The molecule has 0 aliphatic rings. The van der Waals surface area contributed by atoms with E-state index in [4.69, 9.17) is 4.74 Å². The van der Waals surface area contributed by atoms with E-state index in [-0.39, 0.29) is 0 Å². The van der Waals surface area contributed by atoms with Gasteiger partial charge in [0.25, 0.3) is 0 Å². The average molecular weight is 364 g/mol. The molecule has 0 unspecified atom stereocenters. The molecule has 3 aromatic carbocycles. The summed E-state index contributed by atoms with van der Waals surface area (Å²) in [7, 11) is 0. The Morgan fingerprint density at radius 2 is 1.61 bits per heavy atom. The van der Waals surface area contributed by atoms with Gasteiger partial charge < -0.3 is 4.74 Å². The van der Waals surface area contributed by atoms with E-state index in [2.05, 4.69) is 22.0 Å². The molecule has 0 radical (unpaired) electrons. The number of rotatable bonds is 4. The summed E-state index contributed by atoms with van der Waals surface area (Å²) < 4.78 is 6.60. The Morgan fingerprint density at radius 3 is 2.30 bits per heavy atom. The lowest BCUT2D eigenvalue weighted by molar-refractivity contribution is 0.306. The molecular weight excluding hydrogens is 350 g/mol. The SMILES string of the molecule is N#Cc1c(Br)cccc1-c1ccc(OCc2ccccc2)cc1. The molecule has 0 amide bonds. The van der Waals surface area contributed by atoms with Crippen molar-refractivity contribution in [3.05, 3.63) is 88.4 Å². The minimum absolute atomic E-state index is 0.542. The van der Waals surface area contributed by atoms with Crippen LogP contribution in [-0.4, -0.2) is 0 Å². The Morgan fingerprint density at radius 1 is 0.870 bits per heavy atom. The standard InChI is InChI=1S/C20H14BrNO/c21-20-8-4-7-18(19(20)13-22)16-9-11-17(12-10-16)23-14-15-5-2-1-3-6-15/h1-12H,14H2. The van der Waals surface area contributed by atoms with Crippen molar-refractivity contribution in [1.82, 2.24) is 0 Å². The molecule has 3 rings (SSSR count). The van der Waals surface area contributed by atoms with Crippen LogP contribution in [0.1, 0.15) is 11.1 Å². The van der Waals surface area contributed by atoms with Gasteiger partial charge in [-0.05, 0) is 45.3 Å². The molecule has 0 fully saturated rings. The molecule has 0 aliphatic carbocycles. The van der Waals surface area contributed by atoms with E-state index < -0.39 is 0 Å². The topological polar surface area (TPSA) is 33.0 Å². The van der Waals surface area contributed by atoms with Crippen molar-refractivity contribution < 1.29 is 4.74 Å². The van der Waals surface area contributed by atoms with E-state index in [1.54, 1.807) is 0 Å². The Balaban J connectivity index is 1.78.